The van der Waals surface area contributed by atoms with Gasteiger partial charge in [-0.15, -0.1) is 0 Å². The zero-order valence-corrected chi connectivity index (χ0v) is 18.5. The molecule has 1 saturated carbocycles. The van der Waals surface area contributed by atoms with Gasteiger partial charge in [-0.05, 0) is 36.6 Å². The van der Waals surface area contributed by atoms with Crippen LogP contribution in [-0.4, -0.2) is 56.2 Å². The Kier molecular flexibility index (Phi) is 6.31. The first-order chi connectivity index (χ1) is 14.8. The quantitative estimate of drug-likeness (QED) is 0.716. The van der Waals surface area contributed by atoms with Gasteiger partial charge in [0, 0.05) is 44.2 Å². The number of hydrogen-bond donors (Lipinski definition) is 1. The van der Waals surface area contributed by atoms with Crippen LogP contribution >= 0.6 is 11.6 Å². The molecule has 1 aliphatic carbocycles. The van der Waals surface area contributed by atoms with Crippen LogP contribution in [0.3, 0.4) is 0 Å². The fourth-order valence-electron chi connectivity index (χ4n) is 3.60. The predicted molar refractivity (Wildman–Crippen MR) is 117 cm³/mol. The average molecular weight is 462 g/mol. The number of carbonyl (C=O) groups is 2. The van der Waals surface area contributed by atoms with Crippen molar-refractivity contribution in [2.75, 3.05) is 26.2 Å². The minimum absolute atomic E-state index is 0.0527. The van der Waals surface area contributed by atoms with Crippen molar-refractivity contribution in [1.82, 2.24) is 14.5 Å². The third-order valence-electron chi connectivity index (χ3n) is 5.58. The zero-order chi connectivity index (χ0) is 22.0. The van der Waals surface area contributed by atoms with E-state index in [1.807, 2.05) is 35.2 Å². The highest BCUT2D eigenvalue weighted by Gasteiger charge is 2.35. The molecule has 31 heavy (non-hydrogen) atoms. The van der Waals surface area contributed by atoms with Crippen molar-refractivity contribution in [3.8, 4) is 0 Å². The molecule has 4 rings (SSSR count). The average Bonchev–Trinajstić information content (AvgIpc) is 3.63. The van der Waals surface area contributed by atoms with Crippen molar-refractivity contribution in [1.29, 1.82) is 0 Å². The highest BCUT2D eigenvalue weighted by Crippen LogP contribution is 2.31. The van der Waals surface area contributed by atoms with E-state index in [9.17, 15) is 18.0 Å². The molecule has 7 nitrogen and oxygen atoms in total. The second kappa shape index (κ2) is 8.98. The third-order valence-corrected chi connectivity index (χ3v) is 7.46. The number of sulfonamides is 1. The van der Waals surface area contributed by atoms with E-state index in [0.717, 1.165) is 18.4 Å². The normalized spacial score (nSPS) is 16.9. The van der Waals surface area contributed by atoms with Gasteiger partial charge >= 0.3 is 0 Å². The smallest absolute Gasteiger partial charge is 0.254 e. The summed E-state index contributed by atoms with van der Waals surface area (Å²) in [6, 6.07) is 13.4. The Morgan fingerprint density at radius 2 is 1.61 bits per heavy atom. The summed E-state index contributed by atoms with van der Waals surface area (Å²) >= 11 is 6.15. The molecule has 1 N–H and O–H groups in total. The molecule has 1 saturated heterocycles. The van der Waals surface area contributed by atoms with Crippen LogP contribution in [0.4, 0.5) is 0 Å². The maximum atomic E-state index is 13.0. The topological polar surface area (TPSA) is 86.8 Å². The van der Waals surface area contributed by atoms with E-state index in [-0.39, 0.29) is 39.8 Å². The number of carbonyl (C=O) groups excluding carboxylic acids is 2. The van der Waals surface area contributed by atoms with Crippen LogP contribution in [0.2, 0.25) is 5.02 Å². The molecule has 2 aliphatic rings. The molecular weight excluding hydrogens is 438 g/mol. The molecule has 2 aromatic rings. The predicted octanol–water partition coefficient (Wildman–Crippen LogP) is 2.51. The Morgan fingerprint density at radius 3 is 2.26 bits per heavy atom. The van der Waals surface area contributed by atoms with E-state index in [1.165, 1.54) is 18.2 Å². The van der Waals surface area contributed by atoms with Crippen LogP contribution in [0, 0.1) is 5.92 Å². The molecule has 0 atom stereocenters. The Balaban J connectivity index is 1.44. The van der Waals surface area contributed by atoms with E-state index in [2.05, 4.69) is 4.72 Å². The summed E-state index contributed by atoms with van der Waals surface area (Å²) < 4.78 is 28.1. The molecule has 0 spiro atoms. The molecule has 164 valence electrons. The minimum Gasteiger partial charge on any atom is -0.339 e. The van der Waals surface area contributed by atoms with Gasteiger partial charge < -0.3 is 9.80 Å². The summed E-state index contributed by atoms with van der Waals surface area (Å²) in [4.78, 5) is 28.5. The molecule has 2 aromatic carbocycles. The number of piperazine rings is 1. The van der Waals surface area contributed by atoms with Crippen LogP contribution in [-0.2, 0) is 21.4 Å². The van der Waals surface area contributed by atoms with Gasteiger partial charge in [0.15, 0.2) is 0 Å². The summed E-state index contributed by atoms with van der Waals surface area (Å²) in [6.45, 7) is 1.97. The van der Waals surface area contributed by atoms with E-state index in [1.54, 1.807) is 4.90 Å². The molecule has 1 aliphatic heterocycles. The van der Waals surface area contributed by atoms with Crippen LogP contribution in [0.1, 0.15) is 28.8 Å². The molecule has 1 heterocycles. The Hall–Kier alpha value is -2.42. The van der Waals surface area contributed by atoms with Crippen LogP contribution in [0.15, 0.2) is 53.4 Å². The first kappa shape index (κ1) is 21.8. The van der Waals surface area contributed by atoms with E-state index in [0.29, 0.717) is 26.2 Å². The first-order valence-electron chi connectivity index (χ1n) is 10.3. The standard InChI is InChI=1S/C22H24ClN3O4S/c23-19-9-8-18(14-20(19)31(29,30)24-15-16-4-2-1-3-5-16)22(28)26-12-10-25(11-13-26)21(27)17-6-7-17/h1-5,8-9,14,17,24H,6-7,10-13,15H2. The first-order valence-corrected chi connectivity index (χ1v) is 12.1. The van der Waals surface area contributed by atoms with Crippen molar-refractivity contribution in [3.63, 3.8) is 0 Å². The van der Waals surface area contributed by atoms with Crippen molar-refractivity contribution in [2.24, 2.45) is 5.92 Å². The summed E-state index contributed by atoms with van der Waals surface area (Å²) in [5.74, 6) is 0.0702. The molecule has 0 unspecified atom stereocenters. The van der Waals surface area contributed by atoms with Crippen molar-refractivity contribution in [2.45, 2.75) is 24.3 Å². The molecule has 9 heteroatoms. The van der Waals surface area contributed by atoms with Gasteiger partial charge in [0.2, 0.25) is 15.9 Å². The molecule has 0 radical (unpaired) electrons. The van der Waals surface area contributed by atoms with E-state index in [4.69, 9.17) is 11.6 Å². The van der Waals surface area contributed by atoms with Gasteiger partial charge in [-0.25, -0.2) is 13.1 Å². The highest BCUT2D eigenvalue weighted by atomic mass is 35.5. The summed E-state index contributed by atoms with van der Waals surface area (Å²) in [6.07, 6.45) is 1.91. The molecular formula is C22H24ClN3O4S. The minimum atomic E-state index is -3.90. The Labute approximate surface area is 187 Å². The number of nitrogens with zero attached hydrogens (tertiary/aromatic N) is 2. The number of amides is 2. The Morgan fingerprint density at radius 1 is 0.968 bits per heavy atom. The zero-order valence-electron chi connectivity index (χ0n) is 17.0. The second-order valence-corrected chi connectivity index (χ2v) is 9.99. The van der Waals surface area contributed by atoms with Crippen molar-refractivity contribution < 1.29 is 18.0 Å². The van der Waals surface area contributed by atoms with Crippen LogP contribution in [0.5, 0.6) is 0 Å². The summed E-state index contributed by atoms with van der Waals surface area (Å²) in [7, 11) is -3.90. The Bertz CT molecular complexity index is 1080. The van der Waals surface area contributed by atoms with Gasteiger partial charge in [0.1, 0.15) is 4.90 Å². The van der Waals surface area contributed by atoms with Crippen molar-refractivity contribution in [3.05, 3.63) is 64.7 Å². The van der Waals surface area contributed by atoms with Crippen molar-refractivity contribution >= 4 is 33.4 Å². The maximum Gasteiger partial charge on any atom is 0.254 e. The van der Waals surface area contributed by atoms with Gasteiger partial charge in [-0.2, -0.15) is 0 Å². The van der Waals surface area contributed by atoms with E-state index >= 15 is 0 Å². The van der Waals surface area contributed by atoms with Gasteiger partial charge in [0.05, 0.1) is 5.02 Å². The monoisotopic (exact) mass is 461 g/mol. The lowest BCUT2D eigenvalue weighted by Crippen LogP contribution is -2.51. The second-order valence-electron chi connectivity index (χ2n) is 7.85. The number of nitrogens with one attached hydrogen (secondary N) is 1. The molecule has 2 amide bonds. The third kappa shape index (κ3) is 5.08. The maximum absolute atomic E-state index is 13.0. The van der Waals surface area contributed by atoms with Gasteiger partial charge in [-0.3, -0.25) is 9.59 Å². The number of rotatable bonds is 6. The molecule has 2 fully saturated rings. The number of benzene rings is 2. The van der Waals surface area contributed by atoms with Crippen LogP contribution in [0.25, 0.3) is 0 Å². The highest BCUT2D eigenvalue weighted by molar-refractivity contribution is 7.89. The number of hydrogen-bond acceptors (Lipinski definition) is 4. The fraction of sp³-hybridized carbons (Fsp3) is 0.364. The van der Waals surface area contributed by atoms with Gasteiger partial charge in [0.25, 0.3) is 5.91 Å². The summed E-state index contributed by atoms with van der Waals surface area (Å²) in [5.41, 5.74) is 1.07. The lowest BCUT2D eigenvalue weighted by Gasteiger charge is -2.35. The lowest BCUT2D eigenvalue weighted by molar-refractivity contribution is -0.134. The van der Waals surface area contributed by atoms with Gasteiger partial charge in [-0.1, -0.05) is 41.9 Å². The SMILES string of the molecule is O=C(c1ccc(Cl)c(S(=O)(=O)NCc2ccccc2)c1)N1CCN(C(=O)C2CC2)CC1. The van der Waals surface area contributed by atoms with E-state index < -0.39 is 10.0 Å². The number of halogens is 1. The van der Waals surface area contributed by atoms with Crippen LogP contribution < -0.4 is 4.72 Å². The lowest BCUT2D eigenvalue weighted by atomic mass is 10.1. The summed E-state index contributed by atoms with van der Waals surface area (Å²) in [5, 5.41) is 0.0527. The largest absolute Gasteiger partial charge is 0.339 e. The fourth-order valence-corrected chi connectivity index (χ4v) is 5.14. The molecule has 0 bridgehead atoms. The molecule has 0 aromatic heterocycles.